The van der Waals surface area contributed by atoms with E-state index in [4.69, 9.17) is 4.74 Å². The van der Waals surface area contributed by atoms with Gasteiger partial charge in [-0.05, 0) is 43.7 Å². The summed E-state index contributed by atoms with van der Waals surface area (Å²) in [6, 6.07) is 8.76. The molecule has 1 amide bonds. The van der Waals surface area contributed by atoms with Crippen LogP contribution in [-0.2, 0) is 11.2 Å². The van der Waals surface area contributed by atoms with Crippen molar-refractivity contribution in [3.8, 4) is 5.19 Å². The Labute approximate surface area is 185 Å². The van der Waals surface area contributed by atoms with E-state index in [1.807, 2.05) is 23.6 Å². The number of rotatable bonds is 6. The number of piperidine rings is 2. The van der Waals surface area contributed by atoms with E-state index in [-0.39, 0.29) is 12.0 Å². The number of carbonyl (C=O) groups is 1. The summed E-state index contributed by atoms with van der Waals surface area (Å²) in [6.45, 7) is 3.93. The predicted molar refractivity (Wildman–Crippen MR) is 119 cm³/mol. The highest BCUT2D eigenvalue weighted by Gasteiger charge is 2.30. The first-order valence-corrected chi connectivity index (χ1v) is 12.2. The standard InChI is InChI=1S/C22H28BrN3O2S/c23-20-4-2-1-3-17(20)5-6-21(27)26-12-7-18(8-13-26)25-14-9-19(10-15-25)28-22-24-11-16-29-22/h1-4,11,16,18-19H,5-10,12-15H2. The Balaban J connectivity index is 1.18. The highest BCUT2D eigenvalue weighted by molar-refractivity contribution is 9.10. The molecule has 0 N–H and O–H groups in total. The number of ether oxygens (including phenoxy) is 1. The van der Waals surface area contributed by atoms with Gasteiger partial charge in [-0.25, -0.2) is 4.98 Å². The van der Waals surface area contributed by atoms with E-state index in [9.17, 15) is 4.79 Å². The maximum Gasteiger partial charge on any atom is 0.273 e. The number of likely N-dealkylation sites (tertiary alicyclic amines) is 2. The number of benzene rings is 1. The quantitative estimate of drug-likeness (QED) is 0.619. The van der Waals surface area contributed by atoms with Crippen molar-refractivity contribution in [1.82, 2.24) is 14.8 Å². The molecule has 0 radical (unpaired) electrons. The number of aryl methyl sites for hydroxylation is 1. The first-order valence-electron chi connectivity index (χ1n) is 10.5. The van der Waals surface area contributed by atoms with Gasteiger partial charge in [0.1, 0.15) is 6.10 Å². The Morgan fingerprint density at radius 3 is 2.59 bits per heavy atom. The van der Waals surface area contributed by atoms with Crippen LogP contribution in [0.4, 0.5) is 0 Å². The van der Waals surface area contributed by atoms with Crippen LogP contribution >= 0.6 is 27.3 Å². The fourth-order valence-corrected chi connectivity index (χ4v) is 5.39. The first kappa shape index (κ1) is 20.8. The second-order valence-electron chi connectivity index (χ2n) is 7.85. The van der Waals surface area contributed by atoms with E-state index in [0.29, 0.717) is 12.5 Å². The van der Waals surface area contributed by atoms with Crippen LogP contribution in [0, 0.1) is 0 Å². The number of amides is 1. The van der Waals surface area contributed by atoms with E-state index in [0.717, 1.165) is 67.9 Å². The molecular formula is C22H28BrN3O2S. The highest BCUT2D eigenvalue weighted by Crippen LogP contribution is 2.25. The van der Waals surface area contributed by atoms with Gasteiger partial charge in [-0.1, -0.05) is 45.5 Å². The summed E-state index contributed by atoms with van der Waals surface area (Å²) in [6.07, 6.45) is 7.76. The Bertz CT molecular complexity index is 785. The van der Waals surface area contributed by atoms with Crippen molar-refractivity contribution < 1.29 is 9.53 Å². The second kappa shape index (κ2) is 10.0. The SMILES string of the molecule is O=C(CCc1ccccc1Br)N1CCC(N2CCC(Oc3nccs3)CC2)CC1. The summed E-state index contributed by atoms with van der Waals surface area (Å²) in [7, 11) is 0. The average Bonchev–Trinajstić information content (AvgIpc) is 3.27. The molecule has 1 aromatic heterocycles. The van der Waals surface area contributed by atoms with Gasteiger partial charge in [0.25, 0.3) is 5.19 Å². The molecule has 2 aromatic rings. The van der Waals surface area contributed by atoms with Crippen LogP contribution in [0.1, 0.15) is 37.7 Å². The molecule has 0 aliphatic carbocycles. The number of thiazole rings is 1. The lowest BCUT2D eigenvalue weighted by Crippen LogP contribution is -2.50. The van der Waals surface area contributed by atoms with Gasteiger partial charge in [-0.3, -0.25) is 9.69 Å². The van der Waals surface area contributed by atoms with Crippen molar-refractivity contribution in [3.05, 3.63) is 45.9 Å². The summed E-state index contributed by atoms with van der Waals surface area (Å²) >= 11 is 5.14. The Hall–Kier alpha value is -1.44. The molecule has 0 bridgehead atoms. The maximum absolute atomic E-state index is 12.6. The normalized spacial score (nSPS) is 19.4. The zero-order chi connectivity index (χ0) is 20.1. The van der Waals surface area contributed by atoms with Gasteiger partial charge in [0.2, 0.25) is 5.91 Å². The minimum atomic E-state index is 0.287. The van der Waals surface area contributed by atoms with Crippen molar-refractivity contribution in [2.45, 2.75) is 50.7 Å². The fraction of sp³-hybridized carbons (Fsp3) is 0.545. The van der Waals surface area contributed by atoms with Crippen LogP contribution in [0.2, 0.25) is 0 Å². The molecule has 0 unspecified atom stereocenters. The molecule has 2 saturated heterocycles. The van der Waals surface area contributed by atoms with Crippen LogP contribution < -0.4 is 4.74 Å². The smallest absolute Gasteiger partial charge is 0.273 e. The van der Waals surface area contributed by atoms with Gasteiger partial charge in [-0.2, -0.15) is 0 Å². The summed E-state index contributed by atoms with van der Waals surface area (Å²) in [5, 5.41) is 2.75. The Morgan fingerprint density at radius 2 is 1.90 bits per heavy atom. The summed E-state index contributed by atoms with van der Waals surface area (Å²) in [4.78, 5) is 21.5. The third-order valence-electron chi connectivity index (χ3n) is 6.05. The van der Waals surface area contributed by atoms with E-state index >= 15 is 0 Å². The van der Waals surface area contributed by atoms with Gasteiger partial charge >= 0.3 is 0 Å². The average molecular weight is 478 g/mol. The number of carbonyl (C=O) groups excluding carboxylic acids is 1. The second-order valence-corrected chi connectivity index (χ2v) is 9.57. The van der Waals surface area contributed by atoms with Crippen molar-refractivity contribution in [2.24, 2.45) is 0 Å². The van der Waals surface area contributed by atoms with Crippen LogP contribution in [0.5, 0.6) is 5.19 Å². The first-order chi connectivity index (χ1) is 14.2. The number of halogens is 1. The zero-order valence-electron chi connectivity index (χ0n) is 16.6. The molecule has 0 spiro atoms. The molecule has 2 aliphatic heterocycles. The molecule has 4 rings (SSSR count). The Morgan fingerprint density at radius 1 is 1.14 bits per heavy atom. The van der Waals surface area contributed by atoms with E-state index in [2.05, 4.69) is 36.8 Å². The molecule has 2 aliphatic rings. The molecule has 1 aromatic carbocycles. The van der Waals surface area contributed by atoms with E-state index in [1.54, 1.807) is 17.5 Å². The van der Waals surface area contributed by atoms with Crippen molar-refractivity contribution >= 4 is 33.2 Å². The summed E-state index contributed by atoms with van der Waals surface area (Å²) in [5.74, 6) is 0.287. The summed E-state index contributed by atoms with van der Waals surface area (Å²) in [5.41, 5.74) is 1.21. The van der Waals surface area contributed by atoms with E-state index in [1.165, 1.54) is 5.56 Å². The zero-order valence-corrected chi connectivity index (χ0v) is 19.0. The third-order valence-corrected chi connectivity index (χ3v) is 7.49. The van der Waals surface area contributed by atoms with Crippen LogP contribution in [-0.4, -0.2) is 59.0 Å². The van der Waals surface area contributed by atoms with Crippen molar-refractivity contribution in [3.63, 3.8) is 0 Å². The number of aromatic nitrogens is 1. The lowest BCUT2D eigenvalue weighted by Gasteiger charge is -2.41. The van der Waals surface area contributed by atoms with Gasteiger partial charge < -0.3 is 9.64 Å². The largest absolute Gasteiger partial charge is 0.467 e. The highest BCUT2D eigenvalue weighted by atomic mass is 79.9. The van der Waals surface area contributed by atoms with Crippen molar-refractivity contribution in [2.75, 3.05) is 26.2 Å². The molecule has 29 heavy (non-hydrogen) atoms. The predicted octanol–water partition coefficient (Wildman–Crippen LogP) is 4.37. The fourth-order valence-electron chi connectivity index (χ4n) is 4.35. The lowest BCUT2D eigenvalue weighted by atomic mass is 9.98. The Kier molecular flexibility index (Phi) is 7.21. The van der Waals surface area contributed by atoms with Gasteiger partial charge in [0, 0.05) is 54.7 Å². The minimum absolute atomic E-state index is 0.287. The van der Waals surface area contributed by atoms with Crippen molar-refractivity contribution in [1.29, 1.82) is 0 Å². The van der Waals surface area contributed by atoms with E-state index < -0.39 is 0 Å². The number of nitrogens with zero attached hydrogens (tertiary/aromatic N) is 3. The minimum Gasteiger partial charge on any atom is -0.467 e. The molecule has 2 fully saturated rings. The molecule has 0 atom stereocenters. The number of hydrogen-bond acceptors (Lipinski definition) is 5. The number of hydrogen-bond donors (Lipinski definition) is 0. The third kappa shape index (κ3) is 5.58. The maximum atomic E-state index is 12.6. The topological polar surface area (TPSA) is 45.7 Å². The lowest BCUT2D eigenvalue weighted by molar-refractivity contribution is -0.132. The van der Waals surface area contributed by atoms with Gasteiger partial charge in [-0.15, -0.1) is 0 Å². The molecule has 3 heterocycles. The molecule has 156 valence electrons. The van der Waals surface area contributed by atoms with Gasteiger partial charge in [0.15, 0.2) is 0 Å². The van der Waals surface area contributed by atoms with Crippen LogP contribution in [0.3, 0.4) is 0 Å². The van der Waals surface area contributed by atoms with Crippen LogP contribution in [0.15, 0.2) is 40.3 Å². The monoisotopic (exact) mass is 477 g/mol. The molecule has 7 heteroatoms. The molecular weight excluding hydrogens is 450 g/mol. The molecule has 5 nitrogen and oxygen atoms in total. The van der Waals surface area contributed by atoms with Crippen LogP contribution in [0.25, 0.3) is 0 Å². The molecule has 0 saturated carbocycles. The summed E-state index contributed by atoms with van der Waals surface area (Å²) < 4.78 is 7.07. The van der Waals surface area contributed by atoms with Gasteiger partial charge in [0.05, 0.1) is 0 Å².